The first kappa shape index (κ1) is 15.1. The van der Waals surface area contributed by atoms with Gasteiger partial charge in [-0.15, -0.1) is 0 Å². The van der Waals surface area contributed by atoms with Crippen molar-refractivity contribution >= 4 is 0 Å². The molecule has 1 fully saturated rings. The van der Waals surface area contributed by atoms with Crippen molar-refractivity contribution in [2.75, 3.05) is 40.0 Å². The van der Waals surface area contributed by atoms with E-state index in [1.807, 2.05) is 6.07 Å². The molecule has 0 saturated carbocycles. The summed E-state index contributed by atoms with van der Waals surface area (Å²) in [6.45, 7) is 7.43. The van der Waals surface area contributed by atoms with Crippen LogP contribution in [0.25, 0.3) is 0 Å². The Balaban J connectivity index is 1.81. The summed E-state index contributed by atoms with van der Waals surface area (Å²) in [6, 6.07) is 5.65. The standard InChI is InChI=1S/C15H24N2O3/c1-12(11-17-5-7-20-8-6-17)16-10-13-9-14(19-2)3-4-15(13)18/h3-4,9,12,16,18H,5-8,10-11H2,1-2H3. The summed E-state index contributed by atoms with van der Waals surface area (Å²) >= 11 is 0. The number of methoxy groups -OCH3 is 1. The van der Waals surface area contributed by atoms with Gasteiger partial charge in [0.05, 0.1) is 20.3 Å². The van der Waals surface area contributed by atoms with Crippen LogP contribution >= 0.6 is 0 Å². The minimum atomic E-state index is 0.303. The molecule has 1 unspecified atom stereocenters. The molecule has 2 rings (SSSR count). The van der Waals surface area contributed by atoms with E-state index in [1.165, 1.54) is 0 Å². The number of phenols is 1. The second-order valence-corrected chi connectivity index (χ2v) is 5.19. The lowest BCUT2D eigenvalue weighted by Crippen LogP contribution is -2.44. The van der Waals surface area contributed by atoms with E-state index >= 15 is 0 Å². The molecule has 20 heavy (non-hydrogen) atoms. The first-order chi connectivity index (χ1) is 9.69. The molecule has 0 bridgehead atoms. The van der Waals surface area contributed by atoms with E-state index in [-0.39, 0.29) is 0 Å². The quantitative estimate of drug-likeness (QED) is 0.820. The van der Waals surface area contributed by atoms with Crippen LogP contribution in [0.15, 0.2) is 18.2 Å². The molecule has 1 aromatic rings. The van der Waals surface area contributed by atoms with Gasteiger partial charge in [-0.3, -0.25) is 4.90 Å². The molecule has 0 aromatic heterocycles. The normalized spacial score (nSPS) is 17.9. The smallest absolute Gasteiger partial charge is 0.120 e. The summed E-state index contributed by atoms with van der Waals surface area (Å²) < 4.78 is 10.5. The SMILES string of the molecule is COc1ccc(O)c(CNC(C)CN2CCOCC2)c1. The van der Waals surface area contributed by atoms with E-state index in [0.717, 1.165) is 44.2 Å². The number of phenolic OH excluding ortho intramolecular Hbond substituents is 1. The zero-order chi connectivity index (χ0) is 14.4. The Morgan fingerprint density at radius 1 is 1.40 bits per heavy atom. The van der Waals surface area contributed by atoms with Gasteiger partial charge >= 0.3 is 0 Å². The number of aromatic hydroxyl groups is 1. The Hall–Kier alpha value is -1.30. The molecular weight excluding hydrogens is 256 g/mol. The van der Waals surface area contributed by atoms with Crippen molar-refractivity contribution in [2.24, 2.45) is 0 Å². The molecule has 1 atom stereocenters. The first-order valence-electron chi connectivity index (χ1n) is 7.08. The average molecular weight is 280 g/mol. The fraction of sp³-hybridized carbons (Fsp3) is 0.600. The largest absolute Gasteiger partial charge is 0.508 e. The van der Waals surface area contributed by atoms with Gasteiger partial charge in [0, 0.05) is 37.8 Å². The third-order valence-corrected chi connectivity index (χ3v) is 3.56. The van der Waals surface area contributed by atoms with Gasteiger partial charge in [0.2, 0.25) is 0 Å². The van der Waals surface area contributed by atoms with Crippen molar-refractivity contribution in [1.82, 2.24) is 10.2 Å². The van der Waals surface area contributed by atoms with Gasteiger partial charge in [0.25, 0.3) is 0 Å². The molecule has 0 amide bonds. The molecule has 1 saturated heterocycles. The lowest BCUT2D eigenvalue weighted by Gasteiger charge is -2.29. The maximum absolute atomic E-state index is 9.84. The van der Waals surface area contributed by atoms with Crippen LogP contribution in [0, 0.1) is 0 Å². The highest BCUT2D eigenvalue weighted by molar-refractivity contribution is 5.39. The number of nitrogens with one attached hydrogen (secondary N) is 1. The Morgan fingerprint density at radius 2 is 2.15 bits per heavy atom. The van der Waals surface area contributed by atoms with E-state index in [4.69, 9.17) is 9.47 Å². The second kappa shape index (κ2) is 7.47. The van der Waals surface area contributed by atoms with E-state index in [9.17, 15) is 5.11 Å². The number of hydrogen-bond donors (Lipinski definition) is 2. The second-order valence-electron chi connectivity index (χ2n) is 5.19. The monoisotopic (exact) mass is 280 g/mol. The van der Waals surface area contributed by atoms with Crippen LogP contribution in [0.1, 0.15) is 12.5 Å². The highest BCUT2D eigenvalue weighted by atomic mass is 16.5. The highest BCUT2D eigenvalue weighted by Gasteiger charge is 2.13. The zero-order valence-corrected chi connectivity index (χ0v) is 12.3. The van der Waals surface area contributed by atoms with E-state index in [0.29, 0.717) is 18.3 Å². The van der Waals surface area contributed by atoms with Crippen molar-refractivity contribution in [2.45, 2.75) is 19.5 Å². The number of benzene rings is 1. The Labute approximate surface area is 120 Å². The zero-order valence-electron chi connectivity index (χ0n) is 12.3. The number of rotatable bonds is 6. The summed E-state index contributed by atoms with van der Waals surface area (Å²) in [6.07, 6.45) is 0. The number of nitrogens with zero attached hydrogens (tertiary/aromatic N) is 1. The Kier molecular flexibility index (Phi) is 5.64. The average Bonchev–Trinajstić information content (AvgIpc) is 2.47. The number of morpholine rings is 1. The lowest BCUT2D eigenvalue weighted by molar-refractivity contribution is 0.0343. The predicted octanol–water partition coefficient (Wildman–Crippen LogP) is 1.21. The van der Waals surface area contributed by atoms with Gasteiger partial charge in [0.15, 0.2) is 0 Å². The Morgan fingerprint density at radius 3 is 2.85 bits per heavy atom. The molecule has 1 aromatic carbocycles. The number of ether oxygens (including phenoxy) is 2. The molecule has 0 radical (unpaired) electrons. The van der Waals surface area contributed by atoms with Crippen LogP contribution in [0.2, 0.25) is 0 Å². The van der Waals surface area contributed by atoms with Crippen LogP contribution in [0.3, 0.4) is 0 Å². The van der Waals surface area contributed by atoms with Gasteiger partial charge < -0.3 is 19.9 Å². The summed E-state index contributed by atoms with van der Waals surface area (Å²) in [5, 5.41) is 13.3. The van der Waals surface area contributed by atoms with E-state index in [2.05, 4.69) is 17.1 Å². The van der Waals surface area contributed by atoms with E-state index in [1.54, 1.807) is 19.2 Å². The highest BCUT2D eigenvalue weighted by Crippen LogP contribution is 2.22. The Bertz CT molecular complexity index is 420. The van der Waals surface area contributed by atoms with E-state index < -0.39 is 0 Å². The van der Waals surface area contributed by atoms with Crippen molar-refractivity contribution in [3.63, 3.8) is 0 Å². The summed E-state index contributed by atoms with van der Waals surface area (Å²) in [5.74, 6) is 1.07. The maximum atomic E-state index is 9.84. The number of hydrogen-bond acceptors (Lipinski definition) is 5. The minimum Gasteiger partial charge on any atom is -0.508 e. The third-order valence-electron chi connectivity index (χ3n) is 3.56. The topological polar surface area (TPSA) is 54.0 Å². The minimum absolute atomic E-state index is 0.303. The van der Waals surface area contributed by atoms with Crippen LogP contribution in [-0.2, 0) is 11.3 Å². The van der Waals surface area contributed by atoms with Crippen molar-refractivity contribution in [3.05, 3.63) is 23.8 Å². The molecule has 5 nitrogen and oxygen atoms in total. The van der Waals surface area contributed by atoms with Crippen LogP contribution in [-0.4, -0.2) is 56.0 Å². The fourth-order valence-electron chi connectivity index (χ4n) is 2.35. The predicted molar refractivity (Wildman–Crippen MR) is 78.2 cm³/mol. The summed E-state index contributed by atoms with van der Waals surface area (Å²) in [4.78, 5) is 2.40. The lowest BCUT2D eigenvalue weighted by atomic mass is 10.1. The fourth-order valence-corrected chi connectivity index (χ4v) is 2.35. The van der Waals surface area contributed by atoms with Gasteiger partial charge in [-0.25, -0.2) is 0 Å². The molecule has 1 heterocycles. The van der Waals surface area contributed by atoms with Gasteiger partial charge in [0.1, 0.15) is 11.5 Å². The molecule has 0 spiro atoms. The van der Waals surface area contributed by atoms with Crippen molar-refractivity contribution in [1.29, 1.82) is 0 Å². The van der Waals surface area contributed by atoms with Gasteiger partial charge in [-0.1, -0.05) is 0 Å². The molecule has 112 valence electrons. The van der Waals surface area contributed by atoms with Crippen LogP contribution < -0.4 is 10.1 Å². The van der Waals surface area contributed by atoms with Crippen LogP contribution in [0.4, 0.5) is 0 Å². The first-order valence-corrected chi connectivity index (χ1v) is 7.08. The third kappa shape index (κ3) is 4.37. The van der Waals surface area contributed by atoms with Gasteiger partial charge in [-0.05, 0) is 25.1 Å². The molecular formula is C15H24N2O3. The van der Waals surface area contributed by atoms with Crippen molar-refractivity contribution < 1.29 is 14.6 Å². The summed E-state index contributed by atoms with van der Waals surface area (Å²) in [7, 11) is 1.63. The molecule has 0 aliphatic carbocycles. The maximum Gasteiger partial charge on any atom is 0.120 e. The molecule has 5 heteroatoms. The molecule has 1 aliphatic rings. The van der Waals surface area contributed by atoms with Crippen molar-refractivity contribution in [3.8, 4) is 11.5 Å². The summed E-state index contributed by atoms with van der Waals surface area (Å²) in [5.41, 5.74) is 0.859. The van der Waals surface area contributed by atoms with Crippen LogP contribution in [0.5, 0.6) is 11.5 Å². The molecule has 2 N–H and O–H groups in total. The molecule has 1 aliphatic heterocycles. The van der Waals surface area contributed by atoms with Gasteiger partial charge in [-0.2, -0.15) is 0 Å².